The van der Waals surface area contributed by atoms with Crippen LogP contribution in [0.5, 0.6) is 5.75 Å². The molecule has 0 spiro atoms. The maximum Gasteiger partial charge on any atom is 0.329 e. The molecule has 0 saturated heterocycles. The number of imidazole rings is 1. The van der Waals surface area contributed by atoms with E-state index < -0.39 is 17.4 Å². The van der Waals surface area contributed by atoms with Crippen molar-refractivity contribution in [1.82, 2.24) is 19.1 Å². The van der Waals surface area contributed by atoms with Crippen molar-refractivity contribution in [2.24, 2.45) is 7.05 Å². The third-order valence-corrected chi connectivity index (χ3v) is 5.20. The van der Waals surface area contributed by atoms with Crippen LogP contribution in [0.4, 0.5) is 5.95 Å². The second-order valence-corrected chi connectivity index (χ2v) is 7.73. The van der Waals surface area contributed by atoms with Crippen LogP contribution in [0.15, 0.2) is 64.2 Å². The summed E-state index contributed by atoms with van der Waals surface area (Å²) in [6.07, 6.45) is -0.947. The van der Waals surface area contributed by atoms with E-state index in [1.165, 1.54) is 11.6 Å². The van der Waals surface area contributed by atoms with Crippen LogP contribution in [0.2, 0.25) is 5.02 Å². The molecule has 0 amide bonds. The Morgan fingerprint density at radius 1 is 1.16 bits per heavy atom. The molecule has 1 atom stereocenters. The van der Waals surface area contributed by atoms with E-state index in [1.54, 1.807) is 28.8 Å². The number of aromatic nitrogens is 4. The molecule has 2 aromatic heterocycles. The van der Waals surface area contributed by atoms with E-state index >= 15 is 0 Å². The van der Waals surface area contributed by atoms with Gasteiger partial charge in [-0.2, -0.15) is 4.98 Å². The largest absolute Gasteiger partial charge is 0.491 e. The van der Waals surface area contributed by atoms with Gasteiger partial charge in [-0.25, -0.2) is 4.79 Å². The van der Waals surface area contributed by atoms with Gasteiger partial charge < -0.3 is 19.7 Å². The van der Waals surface area contributed by atoms with Crippen LogP contribution in [0, 0.1) is 0 Å². The normalized spacial score (nSPS) is 12.1. The van der Waals surface area contributed by atoms with E-state index in [-0.39, 0.29) is 24.3 Å². The molecule has 10 heteroatoms. The lowest BCUT2D eigenvalue weighted by Gasteiger charge is -2.16. The van der Waals surface area contributed by atoms with Crippen LogP contribution in [-0.2, 0) is 20.1 Å². The summed E-state index contributed by atoms with van der Waals surface area (Å²) in [5.74, 6) is 0.924. The highest BCUT2D eigenvalue weighted by Crippen LogP contribution is 2.19. The van der Waals surface area contributed by atoms with Gasteiger partial charge in [0.15, 0.2) is 11.2 Å². The van der Waals surface area contributed by atoms with Crippen molar-refractivity contribution in [2.75, 3.05) is 11.9 Å². The number of aliphatic hydroxyl groups is 1. The number of ether oxygens (including phenoxy) is 1. The molecule has 2 aromatic carbocycles. The Balaban J connectivity index is 1.61. The van der Waals surface area contributed by atoms with Gasteiger partial charge in [0.1, 0.15) is 18.5 Å². The third-order valence-electron chi connectivity index (χ3n) is 4.95. The number of nitrogens with one attached hydrogen (secondary N) is 2. The van der Waals surface area contributed by atoms with Gasteiger partial charge in [-0.1, -0.05) is 41.9 Å². The molecule has 0 unspecified atom stereocenters. The molecule has 4 rings (SSSR count). The van der Waals surface area contributed by atoms with Crippen molar-refractivity contribution in [3.8, 4) is 5.75 Å². The highest BCUT2D eigenvalue weighted by atomic mass is 35.5. The Labute approximate surface area is 187 Å². The van der Waals surface area contributed by atoms with Crippen molar-refractivity contribution in [1.29, 1.82) is 0 Å². The molecule has 32 heavy (non-hydrogen) atoms. The predicted octanol–water partition coefficient (Wildman–Crippen LogP) is 2.13. The number of aromatic amines is 1. The summed E-state index contributed by atoms with van der Waals surface area (Å²) < 4.78 is 8.45. The molecule has 0 aliphatic rings. The first-order valence-electron chi connectivity index (χ1n) is 9.96. The first kappa shape index (κ1) is 21.7. The molecule has 4 aromatic rings. The van der Waals surface area contributed by atoms with E-state index in [2.05, 4.69) is 15.3 Å². The van der Waals surface area contributed by atoms with Crippen LogP contribution in [0.25, 0.3) is 11.2 Å². The summed E-state index contributed by atoms with van der Waals surface area (Å²) in [5, 5.41) is 14.4. The minimum absolute atomic E-state index is 0.0108. The fourth-order valence-corrected chi connectivity index (χ4v) is 3.44. The second kappa shape index (κ2) is 9.29. The van der Waals surface area contributed by atoms with Crippen LogP contribution in [0.3, 0.4) is 0 Å². The van der Waals surface area contributed by atoms with Gasteiger partial charge in [0, 0.05) is 18.6 Å². The number of hydrogen-bond acceptors (Lipinski definition) is 6. The maximum atomic E-state index is 12.6. The minimum atomic E-state index is -0.947. The van der Waals surface area contributed by atoms with Gasteiger partial charge in [-0.05, 0) is 29.8 Å². The Hall–Kier alpha value is -3.56. The summed E-state index contributed by atoms with van der Waals surface area (Å²) in [6.45, 7) is 0.471. The lowest BCUT2D eigenvalue weighted by atomic mass is 10.2. The number of halogens is 1. The molecule has 0 fully saturated rings. The lowest BCUT2D eigenvalue weighted by Crippen LogP contribution is -2.30. The molecule has 0 radical (unpaired) electrons. The van der Waals surface area contributed by atoms with Crippen molar-refractivity contribution in [3.05, 3.63) is 86.0 Å². The van der Waals surface area contributed by atoms with Gasteiger partial charge in [0.2, 0.25) is 5.95 Å². The number of hydrogen-bond donors (Lipinski definition) is 3. The van der Waals surface area contributed by atoms with E-state index in [0.29, 0.717) is 23.3 Å². The highest BCUT2D eigenvalue weighted by molar-refractivity contribution is 6.30. The number of H-pyrrole nitrogens is 1. The molecule has 0 aliphatic carbocycles. The summed E-state index contributed by atoms with van der Waals surface area (Å²) in [4.78, 5) is 31.3. The average molecular weight is 456 g/mol. The van der Waals surface area contributed by atoms with Gasteiger partial charge in [-0.15, -0.1) is 0 Å². The van der Waals surface area contributed by atoms with Gasteiger partial charge in [0.05, 0.1) is 6.54 Å². The number of rotatable bonds is 8. The van der Waals surface area contributed by atoms with Crippen molar-refractivity contribution < 1.29 is 9.84 Å². The van der Waals surface area contributed by atoms with E-state index in [9.17, 15) is 14.7 Å². The zero-order chi connectivity index (χ0) is 22.7. The summed E-state index contributed by atoms with van der Waals surface area (Å²) in [6, 6.07) is 16.5. The summed E-state index contributed by atoms with van der Waals surface area (Å²) >= 11 is 5.88. The van der Waals surface area contributed by atoms with Crippen molar-refractivity contribution in [3.63, 3.8) is 0 Å². The Bertz CT molecular complexity index is 1330. The fraction of sp³-hybridized carbons (Fsp3) is 0.227. The first-order valence-corrected chi connectivity index (χ1v) is 10.3. The summed E-state index contributed by atoms with van der Waals surface area (Å²) in [7, 11) is 1.53. The molecule has 0 saturated carbocycles. The Morgan fingerprint density at radius 2 is 1.88 bits per heavy atom. The van der Waals surface area contributed by atoms with Crippen LogP contribution in [0.1, 0.15) is 5.56 Å². The SMILES string of the molecule is Cn1c(=O)[nH]c(=O)c2c1nc(NCc1ccccc1)n2C[C@H](O)COc1ccc(Cl)cc1. The predicted molar refractivity (Wildman–Crippen MR) is 122 cm³/mol. The van der Waals surface area contributed by atoms with Crippen LogP contribution < -0.4 is 21.3 Å². The number of nitrogens with zero attached hydrogens (tertiary/aromatic N) is 3. The average Bonchev–Trinajstić information content (AvgIpc) is 3.15. The number of aliphatic hydroxyl groups excluding tert-OH is 1. The lowest BCUT2D eigenvalue weighted by molar-refractivity contribution is 0.0938. The summed E-state index contributed by atoms with van der Waals surface area (Å²) in [5.41, 5.74) is 0.288. The van der Waals surface area contributed by atoms with Gasteiger partial charge in [-0.3, -0.25) is 14.3 Å². The fourth-order valence-electron chi connectivity index (χ4n) is 3.31. The smallest absolute Gasteiger partial charge is 0.329 e. The first-order chi connectivity index (χ1) is 15.4. The standard InChI is InChI=1S/C22H22ClN5O4/c1-27-19-18(20(30)26-22(27)31)28(21(25-19)24-11-14-5-3-2-4-6-14)12-16(29)13-32-17-9-7-15(23)8-10-17/h2-10,16,29H,11-13H2,1H3,(H,24,25)(H,26,30,31)/t16-/m0/s1. The quantitative estimate of drug-likeness (QED) is 0.375. The zero-order valence-corrected chi connectivity index (χ0v) is 18.0. The Morgan fingerprint density at radius 3 is 2.59 bits per heavy atom. The number of fused-ring (bicyclic) bond motifs is 1. The molecular weight excluding hydrogens is 434 g/mol. The van der Waals surface area contributed by atoms with Crippen LogP contribution >= 0.6 is 11.6 Å². The second-order valence-electron chi connectivity index (χ2n) is 7.29. The van der Waals surface area contributed by atoms with Crippen LogP contribution in [-0.4, -0.2) is 36.9 Å². The molecular formula is C22H22ClN5O4. The van der Waals surface area contributed by atoms with Crippen molar-refractivity contribution in [2.45, 2.75) is 19.2 Å². The molecule has 2 heterocycles. The zero-order valence-electron chi connectivity index (χ0n) is 17.3. The monoisotopic (exact) mass is 455 g/mol. The van der Waals surface area contributed by atoms with Gasteiger partial charge >= 0.3 is 5.69 Å². The third kappa shape index (κ3) is 4.68. The van der Waals surface area contributed by atoms with E-state index in [1.807, 2.05) is 30.3 Å². The minimum Gasteiger partial charge on any atom is -0.491 e. The molecule has 166 valence electrons. The van der Waals surface area contributed by atoms with E-state index in [0.717, 1.165) is 5.56 Å². The van der Waals surface area contributed by atoms with E-state index in [4.69, 9.17) is 16.3 Å². The Kier molecular flexibility index (Phi) is 6.29. The molecule has 0 aliphatic heterocycles. The molecule has 9 nitrogen and oxygen atoms in total. The maximum absolute atomic E-state index is 12.6. The molecule has 0 bridgehead atoms. The van der Waals surface area contributed by atoms with Crippen molar-refractivity contribution >= 4 is 28.7 Å². The number of aryl methyl sites for hydroxylation is 1. The molecule has 3 N–H and O–H groups in total. The number of benzene rings is 2. The highest BCUT2D eigenvalue weighted by Gasteiger charge is 2.20. The topological polar surface area (TPSA) is 114 Å². The number of anilines is 1. The van der Waals surface area contributed by atoms with Gasteiger partial charge in [0.25, 0.3) is 5.56 Å².